The van der Waals surface area contributed by atoms with E-state index in [0.717, 1.165) is 0 Å². The maximum absolute atomic E-state index is 12.8. The van der Waals surface area contributed by atoms with E-state index in [4.69, 9.17) is 0 Å². The molecule has 0 saturated carbocycles. The molecule has 0 N–H and O–H groups in total. The van der Waals surface area contributed by atoms with Gasteiger partial charge in [0.2, 0.25) is 0 Å². The Balaban J connectivity index is 6.25. The van der Waals surface area contributed by atoms with Gasteiger partial charge < -0.3 is 0 Å². The van der Waals surface area contributed by atoms with Crippen molar-refractivity contribution >= 4 is 16.3 Å². The van der Waals surface area contributed by atoms with Crippen LogP contribution in [0.4, 0.5) is 61.0 Å². The number of rotatable bonds is 8. The molecule has 26 heavy (non-hydrogen) atoms. The molecule has 0 amide bonds. The SMILES string of the molecule is O=C(F)C(F)(F)C(F)(F)OC(F)(F)C(F)(F)C(F)(F)C(F)(F)S(=O)(=O)F. The van der Waals surface area contributed by atoms with E-state index in [1.807, 2.05) is 0 Å². The van der Waals surface area contributed by atoms with Gasteiger partial charge in [-0.25, -0.2) is 4.74 Å². The second-order valence-corrected chi connectivity index (χ2v) is 5.48. The fourth-order valence-corrected chi connectivity index (χ4v) is 1.36. The molecular weight excluding hydrogens is 446 g/mol. The topological polar surface area (TPSA) is 60.4 Å². The van der Waals surface area contributed by atoms with Gasteiger partial charge in [-0.15, -0.1) is 0 Å². The van der Waals surface area contributed by atoms with Gasteiger partial charge in [-0.3, -0.25) is 4.79 Å². The Bertz CT molecular complexity index is 667. The Kier molecular flexibility index (Phi) is 5.73. The molecule has 0 aromatic heterocycles. The minimum absolute atomic E-state index is 1.25. The summed E-state index contributed by atoms with van der Waals surface area (Å²) in [6.45, 7) is 0. The van der Waals surface area contributed by atoms with Crippen molar-refractivity contribution in [3.05, 3.63) is 0 Å². The molecule has 0 heterocycles. The van der Waals surface area contributed by atoms with Gasteiger partial charge in [0.05, 0.1) is 0 Å². The van der Waals surface area contributed by atoms with Crippen LogP contribution in [0.1, 0.15) is 0 Å². The number of carbonyl (C=O) groups excluding carboxylic acids is 1. The molecular formula is C7F14O4S. The molecule has 19 heteroatoms. The molecule has 0 unspecified atom stereocenters. The Labute approximate surface area is 131 Å². The van der Waals surface area contributed by atoms with Crippen LogP contribution in [0.5, 0.6) is 0 Å². The average molecular weight is 446 g/mol. The number of alkyl halides is 12. The maximum atomic E-state index is 12.8. The molecule has 0 atom stereocenters. The third kappa shape index (κ3) is 3.41. The molecule has 0 saturated heterocycles. The highest BCUT2D eigenvalue weighted by Crippen LogP contribution is 2.56. The predicted molar refractivity (Wildman–Crippen MR) is 46.9 cm³/mol. The number of ether oxygens (including phenoxy) is 1. The van der Waals surface area contributed by atoms with Gasteiger partial charge in [0, 0.05) is 0 Å². The lowest BCUT2D eigenvalue weighted by Gasteiger charge is -2.36. The van der Waals surface area contributed by atoms with Crippen LogP contribution in [0.2, 0.25) is 0 Å². The van der Waals surface area contributed by atoms with E-state index in [-0.39, 0.29) is 0 Å². The smallest absolute Gasteiger partial charge is 0.254 e. The highest BCUT2D eigenvalue weighted by Gasteiger charge is 2.87. The molecule has 4 nitrogen and oxygen atoms in total. The Morgan fingerprint density at radius 2 is 1.04 bits per heavy atom. The summed E-state index contributed by atoms with van der Waals surface area (Å²) >= 11 is 0. The average Bonchev–Trinajstić information content (AvgIpc) is 2.34. The number of hydrogen-bond donors (Lipinski definition) is 0. The van der Waals surface area contributed by atoms with E-state index < -0.39 is 51.5 Å². The molecule has 0 aliphatic heterocycles. The van der Waals surface area contributed by atoms with Crippen LogP contribution in [0.3, 0.4) is 0 Å². The predicted octanol–water partition coefficient (Wildman–Crippen LogP) is 3.48. The lowest BCUT2D eigenvalue weighted by Crippen LogP contribution is -2.66. The fourth-order valence-electron chi connectivity index (χ4n) is 0.922. The van der Waals surface area contributed by atoms with Crippen LogP contribution < -0.4 is 0 Å². The van der Waals surface area contributed by atoms with Crippen LogP contribution in [0.25, 0.3) is 0 Å². The second kappa shape index (κ2) is 6.06. The van der Waals surface area contributed by atoms with E-state index in [0.29, 0.717) is 0 Å². The lowest BCUT2D eigenvalue weighted by molar-refractivity contribution is -0.487. The van der Waals surface area contributed by atoms with Crippen LogP contribution in [-0.2, 0) is 19.8 Å². The Hall–Kier alpha value is -1.40. The fraction of sp³-hybridized carbons (Fsp3) is 0.857. The number of halogens is 14. The summed E-state index contributed by atoms with van der Waals surface area (Å²) in [4.78, 5) is 9.53. The maximum Gasteiger partial charge on any atom is 0.442 e. The zero-order valence-electron chi connectivity index (χ0n) is 10.8. The summed E-state index contributed by atoms with van der Waals surface area (Å²) in [5.41, 5.74) is 0. The first-order chi connectivity index (χ1) is 10.9. The van der Waals surface area contributed by atoms with Crippen molar-refractivity contribution in [1.29, 1.82) is 0 Å². The highest BCUT2D eigenvalue weighted by atomic mass is 32.3. The second-order valence-electron chi connectivity index (χ2n) is 4.09. The van der Waals surface area contributed by atoms with Gasteiger partial charge >= 0.3 is 51.5 Å². The van der Waals surface area contributed by atoms with Crippen LogP contribution in [0, 0.1) is 0 Å². The quantitative estimate of drug-likeness (QED) is 0.424. The molecule has 0 bridgehead atoms. The van der Waals surface area contributed by atoms with Crippen molar-refractivity contribution in [3.63, 3.8) is 0 Å². The summed E-state index contributed by atoms with van der Waals surface area (Å²) < 4.78 is 196. The third-order valence-corrected chi connectivity index (χ3v) is 3.17. The van der Waals surface area contributed by atoms with Gasteiger partial charge in [0.1, 0.15) is 0 Å². The van der Waals surface area contributed by atoms with Crippen molar-refractivity contribution in [2.24, 2.45) is 0 Å². The molecule has 0 fully saturated rings. The van der Waals surface area contributed by atoms with Gasteiger partial charge in [0.25, 0.3) is 0 Å². The first-order valence-corrected chi connectivity index (χ1v) is 6.39. The monoisotopic (exact) mass is 446 g/mol. The van der Waals surface area contributed by atoms with Gasteiger partial charge in [0.15, 0.2) is 0 Å². The van der Waals surface area contributed by atoms with Gasteiger partial charge in [-0.2, -0.15) is 65.5 Å². The first kappa shape index (κ1) is 24.6. The van der Waals surface area contributed by atoms with Crippen molar-refractivity contribution in [3.8, 4) is 0 Å². The van der Waals surface area contributed by atoms with E-state index in [2.05, 4.69) is 0 Å². The highest BCUT2D eigenvalue weighted by molar-refractivity contribution is 7.87. The van der Waals surface area contributed by atoms with Crippen molar-refractivity contribution in [1.82, 2.24) is 0 Å². The van der Waals surface area contributed by atoms with E-state index in [9.17, 15) is 74.2 Å². The minimum atomic E-state index is -8.11. The largest absolute Gasteiger partial charge is 0.442 e. The van der Waals surface area contributed by atoms with Crippen LogP contribution in [0.15, 0.2) is 0 Å². The summed E-state index contributed by atoms with van der Waals surface area (Å²) in [6.07, 6.45) is -15.1. The molecule has 0 aromatic carbocycles. The third-order valence-electron chi connectivity index (χ3n) is 2.30. The van der Waals surface area contributed by atoms with Gasteiger partial charge in [-0.1, -0.05) is 3.89 Å². The molecule has 0 radical (unpaired) electrons. The van der Waals surface area contributed by atoms with Crippen molar-refractivity contribution in [2.45, 2.75) is 35.2 Å². The summed E-state index contributed by atoms with van der Waals surface area (Å²) in [5.74, 6) is -23.2. The van der Waals surface area contributed by atoms with Crippen LogP contribution >= 0.6 is 0 Å². The molecule has 0 aliphatic carbocycles. The molecule has 0 aromatic rings. The molecule has 156 valence electrons. The van der Waals surface area contributed by atoms with Crippen molar-refractivity contribution in [2.75, 3.05) is 0 Å². The van der Waals surface area contributed by atoms with E-state index >= 15 is 0 Å². The van der Waals surface area contributed by atoms with Gasteiger partial charge in [-0.05, 0) is 0 Å². The van der Waals surface area contributed by atoms with E-state index in [1.54, 1.807) is 0 Å². The number of hydrogen-bond acceptors (Lipinski definition) is 4. The first-order valence-electron chi connectivity index (χ1n) is 5.01. The summed E-state index contributed by atoms with van der Waals surface area (Å²) in [6, 6.07) is -4.50. The molecule has 0 rings (SSSR count). The summed E-state index contributed by atoms with van der Waals surface area (Å²) in [5, 5.41) is -7.69. The molecule has 0 aliphatic rings. The normalized spacial score (nSPS) is 15.9. The Morgan fingerprint density at radius 3 is 1.31 bits per heavy atom. The van der Waals surface area contributed by atoms with E-state index in [1.165, 1.54) is 4.74 Å². The zero-order chi connectivity index (χ0) is 21.8. The Morgan fingerprint density at radius 1 is 0.692 bits per heavy atom. The van der Waals surface area contributed by atoms with Crippen LogP contribution in [-0.4, -0.2) is 49.7 Å². The van der Waals surface area contributed by atoms with Crippen molar-refractivity contribution < 1.29 is 78.9 Å². The molecule has 0 spiro atoms. The standard InChI is InChI=1S/C7F14O4S/c8-1(22)2(9,10)5(15,16)25-6(17,18)3(11,12)4(13,14)7(19,20)26(21,23)24. The lowest BCUT2D eigenvalue weighted by atomic mass is 10.1. The zero-order valence-corrected chi connectivity index (χ0v) is 11.6. The number of carbonyl (C=O) groups is 1. The summed E-state index contributed by atoms with van der Waals surface area (Å²) in [7, 11) is -8.09. The minimum Gasteiger partial charge on any atom is -0.254 e.